The summed E-state index contributed by atoms with van der Waals surface area (Å²) in [7, 11) is 2.14. The van der Waals surface area contributed by atoms with E-state index in [0.29, 0.717) is 63.5 Å². The van der Waals surface area contributed by atoms with E-state index in [4.69, 9.17) is 4.98 Å². The van der Waals surface area contributed by atoms with Crippen LogP contribution < -0.4 is 16.0 Å². The fourth-order valence-electron chi connectivity index (χ4n) is 7.73. The molecule has 7 rings (SSSR count). The Labute approximate surface area is 292 Å². The summed E-state index contributed by atoms with van der Waals surface area (Å²) in [5.41, 5.74) is 1.17. The Bertz CT molecular complexity index is 1490. The number of nitrogens with one attached hydrogen (secondary N) is 3. The first-order valence-corrected chi connectivity index (χ1v) is 18.8. The Morgan fingerprint density at radius 1 is 1.02 bits per heavy atom. The van der Waals surface area contributed by atoms with Crippen molar-refractivity contribution < 1.29 is 23.6 Å². The van der Waals surface area contributed by atoms with E-state index in [1.54, 1.807) is 16.2 Å². The fourth-order valence-corrected chi connectivity index (χ4v) is 8.83. The number of carbonyl (C=O) groups is 4. The molecule has 3 N–H and O–H groups in total. The summed E-state index contributed by atoms with van der Waals surface area (Å²) in [4.78, 5) is 66.1. The minimum atomic E-state index is -0.521. The zero-order chi connectivity index (χ0) is 34.5. The molecule has 49 heavy (non-hydrogen) atoms. The van der Waals surface area contributed by atoms with Gasteiger partial charge in [0.15, 0.2) is 0 Å². The number of likely N-dealkylation sites (tertiary alicyclic amines) is 1. The molecule has 11 nitrogen and oxygen atoms in total. The number of benzene rings is 1. The normalized spacial score (nSPS) is 25.8. The van der Waals surface area contributed by atoms with E-state index in [1.807, 2.05) is 11.8 Å². The van der Waals surface area contributed by atoms with Gasteiger partial charge < -0.3 is 30.7 Å². The molecule has 6 heterocycles. The van der Waals surface area contributed by atoms with E-state index < -0.39 is 17.9 Å². The Hall–Kier alpha value is -3.42. The van der Waals surface area contributed by atoms with Crippen molar-refractivity contribution in [3.8, 4) is 0 Å². The van der Waals surface area contributed by atoms with Crippen molar-refractivity contribution in [1.29, 1.82) is 0 Å². The van der Waals surface area contributed by atoms with Gasteiger partial charge in [0.05, 0.1) is 17.1 Å². The second-order valence-corrected chi connectivity index (χ2v) is 15.5. The molecule has 0 aliphatic carbocycles. The number of rotatable bonds is 8. The number of piperidine rings is 2. The van der Waals surface area contributed by atoms with Gasteiger partial charge in [-0.25, -0.2) is 9.37 Å². The molecule has 4 amide bonds. The van der Waals surface area contributed by atoms with Gasteiger partial charge in [-0.3, -0.25) is 19.2 Å². The molecule has 1 aromatic carbocycles. The van der Waals surface area contributed by atoms with Crippen LogP contribution in [0.1, 0.15) is 89.6 Å². The van der Waals surface area contributed by atoms with Gasteiger partial charge >= 0.3 is 0 Å². The first-order valence-electron chi connectivity index (χ1n) is 17.9. The number of aryl methyl sites for hydroxylation is 1. The molecule has 5 aliphatic heterocycles. The van der Waals surface area contributed by atoms with Crippen LogP contribution in [0.15, 0.2) is 24.3 Å². The molecule has 3 saturated heterocycles. The lowest BCUT2D eigenvalue weighted by molar-refractivity contribution is -0.145. The van der Waals surface area contributed by atoms with E-state index in [1.165, 1.54) is 24.3 Å². The molecule has 13 heteroatoms. The van der Waals surface area contributed by atoms with Crippen LogP contribution in [0.3, 0.4) is 0 Å². The van der Waals surface area contributed by atoms with Crippen LogP contribution in [0, 0.1) is 12.7 Å². The maximum absolute atomic E-state index is 14.1. The topological polar surface area (TPSA) is 127 Å². The number of amides is 4. The summed E-state index contributed by atoms with van der Waals surface area (Å²) in [6, 6.07) is 4.87. The zero-order valence-electron chi connectivity index (χ0n) is 28.7. The molecule has 1 aromatic heterocycles. The van der Waals surface area contributed by atoms with E-state index in [9.17, 15) is 23.6 Å². The Morgan fingerprint density at radius 3 is 2.49 bits per heavy atom. The number of hydrogen-bond acceptors (Lipinski definition) is 8. The van der Waals surface area contributed by atoms with Gasteiger partial charge in [-0.1, -0.05) is 0 Å². The van der Waals surface area contributed by atoms with Crippen LogP contribution in [0.5, 0.6) is 0 Å². The van der Waals surface area contributed by atoms with Gasteiger partial charge in [0.25, 0.3) is 5.91 Å². The third-order valence-corrected chi connectivity index (χ3v) is 11.8. The molecule has 0 unspecified atom stereocenters. The van der Waals surface area contributed by atoms with Crippen LogP contribution >= 0.6 is 11.3 Å². The van der Waals surface area contributed by atoms with Gasteiger partial charge in [0, 0.05) is 67.1 Å². The van der Waals surface area contributed by atoms with E-state index >= 15 is 0 Å². The molecule has 3 fully saturated rings. The number of fused-ring (bicyclic) bond motifs is 7. The summed E-state index contributed by atoms with van der Waals surface area (Å²) in [6.45, 7) is 6.24. The van der Waals surface area contributed by atoms with Crippen molar-refractivity contribution in [3.05, 3.63) is 51.2 Å². The number of thiazole rings is 1. The van der Waals surface area contributed by atoms with Crippen molar-refractivity contribution in [2.75, 3.05) is 46.3 Å². The highest BCUT2D eigenvalue weighted by Gasteiger charge is 2.43. The van der Waals surface area contributed by atoms with Crippen LogP contribution in [0.2, 0.25) is 0 Å². The molecule has 266 valence electrons. The standard InChI is InChI=1S/C36H50FN7O4S/c1-23-30-21-32(45)40-28(5-3-4-14-38-34(47)24-6-8-26(37)9-7-24)20-33(46)44-22-29(39-27-12-15-42(2)16-13-27)19-31(44)36(48)43-17-10-25(11-18-43)35(41-30)49-23/h6-9,25,27-29,31,39H,3-5,10-22H2,1-2H3,(H,38,47)(H,40,45)/t28-,29-,31-/m0/s1. The monoisotopic (exact) mass is 695 g/mol. The highest BCUT2D eigenvalue weighted by molar-refractivity contribution is 7.11. The maximum atomic E-state index is 14.1. The fraction of sp³-hybridized carbons (Fsp3) is 0.639. The first kappa shape index (κ1) is 35.4. The third-order valence-electron chi connectivity index (χ3n) is 10.6. The van der Waals surface area contributed by atoms with Crippen molar-refractivity contribution in [1.82, 2.24) is 35.6 Å². The minimum Gasteiger partial charge on any atom is -0.353 e. The SMILES string of the molecule is Cc1sc2nc1CC(=O)N[C@@H](CCCCNC(=O)c1ccc(F)cc1)CC(=O)N1C[C@@H](NC3CCN(C)CC3)C[C@H]1C(=O)N1CCC2CC1. The van der Waals surface area contributed by atoms with Gasteiger partial charge in [0.2, 0.25) is 17.7 Å². The van der Waals surface area contributed by atoms with Crippen molar-refractivity contribution in [2.45, 2.75) is 101 Å². The maximum Gasteiger partial charge on any atom is 0.251 e. The van der Waals surface area contributed by atoms with Gasteiger partial charge in [-0.2, -0.15) is 0 Å². The quantitative estimate of drug-likeness (QED) is 0.363. The molecule has 3 atom stereocenters. The lowest BCUT2D eigenvalue weighted by atomic mass is 9.96. The predicted molar refractivity (Wildman–Crippen MR) is 186 cm³/mol. The summed E-state index contributed by atoms with van der Waals surface area (Å²) in [5.74, 6) is -0.667. The summed E-state index contributed by atoms with van der Waals surface area (Å²) in [5, 5.41) is 10.8. The molecule has 2 aromatic rings. The lowest BCUT2D eigenvalue weighted by Crippen LogP contribution is -2.51. The number of aromatic nitrogens is 1. The largest absolute Gasteiger partial charge is 0.353 e. The second-order valence-electron chi connectivity index (χ2n) is 14.3. The number of unbranched alkanes of at least 4 members (excludes halogenated alkanes) is 1. The Kier molecular flexibility index (Phi) is 11.6. The van der Waals surface area contributed by atoms with Crippen LogP contribution in [0.4, 0.5) is 4.39 Å². The average molecular weight is 696 g/mol. The van der Waals surface area contributed by atoms with Crippen LogP contribution in [-0.2, 0) is 20.8 Å². The second kappa shape index (κ2) is 16.1. The van der Waals surface area contributed by atoms with Crippen LogP contribution in [0.25, 0.3) is 0 Å². The summed E-state index contributed by atoms with van der Waals surface area (Å²) >= 11 is 1.65. The third kappa shape index (κ3) is 9.04. The minimum absolute atomic E-state index is 0.0278. The van der Waals surface area contributed by atoms with Gasteiger partial charge in [-0.05, 0) is 103 Å². The summed E-state index contributed by atoms with van der Waals surface area (Å²) < 4.78 is 13.2. The van der Waals surface area contributed by atoms with Crippen molar-refractivity contribution in [3.63, 3.8) is 0 Å². The predicted octanol–water partition coefficient (Wildman–Crippen LogP) is 2.98. The molecule has 0 saturated carbocycles. The number of carbonyl (C=O) groups excluding carboxylic acids is 4. The van der Waals surface area contributed by atoms with Gasteiger partial charge in [-0.15, -0.1) is 11.3 Å². The number of halogens is 1. The molecular formula is C36H50FN7O4S. The molecule has 0 spiro atoms. The lowest BCUT2D eigenvalue weighted by Gasteiger charge is -2.35. The van der Waals surface area contributed by atoms with E-state index in [-0.39, 0.29) is 48.4 Å². The summed E-state index contributed by atoms with van der Waals surface area (Å²) in [6.07, 6.45) is 6.45. The van der Waals surface area contributed by atoms with Gasteiger partial charge in [0.1, 0.15) is 11.9 Å². The van der Waals surface area contributed by atoms with E-state index in [2.05, 4.69) is 27.9 Å². The zero-order valence-corrected chi connectivity index (χ0v) is 29.5. The number of nitrogens with zero attached hydrogens (tertiary/aromatic N) is 4. The Balaban J connectivity index is 1.15. The smallest absolute Gasteiger partial charge is 0.251 e. The molecular weight excluding hydrogens is 646 g/mol. The van der Waals surface area contributed by atoms with E-state index in [0.717, 1.165) is 54.4 Å². The highest BCUT2D eigenvalue weighted by Crippen LogP contribution is 2.34. The Morgan fingerprint density at radius 2 is 1.76 bits per heavy atom. The van der Waals surface area contributed by atoms with Crippen molar-refractivity contribution >= 4 is 35.0 Å². The average Bonchev–Trinajstić information content (AvgIpc) is 3.68. The van der Waals surface area contributed by atoms with Crippen LogP contribution in [-0.4, -0.2) is 114 Å². The number of hydrogen-bond donors (Lipinski definition) is 3. The first-order chi connectivity index (χ1) is 23.6. The molecule has 5 aliphatic rings. The van der Waals surface area contributed by atoms with Crippen molar-refractivity contribution in [2.24, 2.45) is 0 Å². The highest BCUT2D eigenvalue weighted by atomic mass is 32.1. The molecule has 0 radical (unpaired) electrons. The molecule has 4 bridgehead atoms.